The number of carbonyl (C=O) groups excluding carboxylic acids is 1. The van der Waals surface area contributed by atoms with Crippen LogP contribution in [0.25, 0.3) is 0 Å². The Kier molecular flexibility index (Phi) is 7.53. The van der Waals surface area contributed by atoms with Crippen LogP contribution in [0.4, 0.5) is 13.2 Å². The van der Waals surface area contributed by atoms with Gasteiger partial charge in [-0.2, -0.15) is 11.8 Å². The van der Waals surface area contributed by atoms with Gasteiger partial charge in [0.2, 0.25) is 5.91 Å². The lowest BCUT2D eigenvalue weighted by atomic mass is 10.1. The fraction of sp³-hybridized carbons (Fsp3) is 0.500. The Morgan fingerprint density at radius 3 is 2.55 bits per heavy atom. The van der Waals surface area contributed by atoms with E-state index in [1.807, 2.05) is 6.26 Å². The maximum absolute atomic E-state index is 12.0. The van der Waals surface area contributed by atoms with E-state index in [0.717, 1.165) is 11.3 Å². The van der Waals surface area contributed by atoms with Gasteiger partial charge in [0.15, 0.2) is 0 Å². The van der Waals surface area contributed by atoms with E-state index in [1.54, 1.807) is 11.8 Å². The van der Waals surface area contributed by atoms with Gasteiger partial charge in [-0.1, -0.05) is 12.1 Å². The van der Waals surface area contributed by atoms with Crippen molar-refractivity contribution in [1.82, 2.24) is 5.32 Å². The van der Waals surface area contributed by atoms with Crippen LogP contribution in [0.1, 0.15) is 12.0 Å². The van der Waals surface area contributed by atoms with Gasteiger partial charge in [-0.15, -0.1) is 13.2 Å². The molecule has 0 saturated carbocycles. The monoisotopic (exact) mass is 336 g/mol. The Balaban J connectivity index is 2.34. The molecule has 0 spiro atoms. The molecule has 0 unspecified atom stereocenters. The van der Waals surface area contributed by atoms with E-state index in [9.17, 15) is 18.0 Å². The normalized spacial score (nSPS) is 12.8. The number of alkyl halides is 3. The quantitative estimate of drug-likeness (QED) is 0.765. The van der Waals surface area contributed by atoms with E-state index in [1.165, 1.54) is 24.3 Å². The van der Waals surface area contributed by atoms with Gasteiger partial charge < -0.3 is 15.8 Å². The molecule has 1 aromatic rings. The van der Waals surface area contributed by atoms with Gasteiger partial charge in [0.05, 0.1) is 6.04 Å². The first kappa shape index (κ1) is 18.6. The third-order valence-electron chi connectivity index (χ3n) is 2.84. The van der Waals surface area contributed by atoms with Gasteiger partial charge in [0.1, 0.15) is 5.75 Å². The molecule has 0 fully saturated rings. The molecule has 0 saturated heterocycles. The van der Waals surface area contributed by atoms with Crippen LogP contribution >= 0.6 is 11.8 Å². The molecule has 1 atom stereocenters. The van der Waals surface area contributed by atoms with E-state index in [4.69, 9.17) is 5.73 Å². The van der Waals surface area contributed by atoms with Crippen LogP contribution in [-0.2, 0) is 11.2 Å². The van der Waals surface area contributed by atoms with Gasteiger partial charge in [-0.25, -0.2) is 0 Å². The van der Waals surface area contributed by atoms with Crippen LogP contribution in [0.5, 0.6) is 5.75 Å². The molecule has 1 aromatic carbocycles. The third kappa shape index (κ3) is 7.56. The SMILES string of the molecule is CSCC[C@H](N)C(=O)NCCc1ccc(OC(F)(F)F)cc1. The molecule has 0 bridgehead atoms. The number of halogens is 3. The topological polar surface area (TPSA) is 64.4 Å². The van der Waals surface area contributed by atoms with Gasteiger partial charge in [0.25, 0.3) is 0 Å². The van der Waals surface area contributed by atoms with Crippen molar-refractivity contribution in [1.29, 1.82) is 0 Å². The van der Waals surface area contributed by atoms with Gasteiger partial charge in [-0.3, -0.25) is 4.79 Å². The lowest BCUT2D eigenvalue weighted by molar-refractivity contribution is -0.274. The summed E-state index contributed by atoms with van der Waals surface area (Å²) in [7, 11) is 0. The molecule has 0 aliphatic heterocycles. The number of nitrogens with two attached hydrogens (primary N) is 1. The number of rotatable bonds is 8. The lowest BCUT2D eigenvalue weighted by Gasteiger charge is -2.12. The highest BCUT2D eigenvalue weighted by Gasteiger charge is 2.30. The fourth-order valence-electron chi connectivity index (χ4n) is 1.69. The van der Waals surface area contributed by atoms with Gasteiger partial charge in [-0.05, 0) is 42.5 Å². The molecule has 3 N–H and O–H groups in total. The van der Waals surface area contributed by atoms with E-state index >= 15 is 0 Å². The average molecular weight is 336 g/mol. The number of hydrogen-bond acceptors (Lipinski definition) is 4. The van der Waals surface area contributed by atoms with E-state index < -0.39 is 12.4 Å². The first-order chi connectivity index (χ1) is 10.3. The fourth-order valence-corrected chi connectivity index (χ4v) is 2.18. The molecule has 124 valence electrons. The summed E-state index contributed by atoms with van der Waals surface area (Å²) >= 11 is 1.62. The van der Waals surface area contributed by atoms with Crippen molar-refractivity contribution in [2.24, 2.45) is 5.73 Å². The first-order valence-corrected chi connectivity index (χ1v) is 8.08. The van der Waals surface area contributed by atoms with Crippen molar-refractivity contribution in [3.63, 3.8) is 0 Å². The number of thioether (sulfide) groups is 1. The van der Waals surface area contributed by atoms with Crippen molar-refractivity contribution < 1.29 is 22.7 Å². The number of ether oxygens (including phenoxy) is 1. The molecule has 8 heteroatoms. The van der Waals surface area contributed by atoms with Crippen LogP contribution in [-0.4, -0.2) is 36.9 Å². The van der Waals surface area contributed by atoms with Gasteiger partial charge in [0, 0.05) is 6.54 Å². The molecular weight excluding hydrogens is 317 g/mol. The molecule has 0 aliphatic rings. The molecule has 0 radical (unpaired) electrons. The maximum Gasteiger partial charge on any atom is 0.573 e. The largest absolute Gasteiger partial charge is 0.573 e. The van der Waals surface area contributed by atoms with Crippen LogP contribution in [0.2, 0.25) is 0 Å². The smallest absolute Gasteiger partial charge is 0.406 e. The number of hydrogen-bond donors (Lipinski definition) is 2. The molecule has 0 heterocycles. The Bertz CT molecular complexity index is 466. The van der Waals surface area contributed by atoms with Crippen molar-refractivity contribution >= 4 is 17.7 Å². The van der Waals surface area contributed by atoms with Gasteiger partial charge >= 0.3 is 6.36 Å². The maximum atomic E-state index is 12.0. The van der Waals surface area contributed by atoms with Crippen molar-refractivity contribution in [2.75, 3.05) is 18.6 Å². The number of benzene rings is 1. The third-order valence-corrected chi connectivity index (χ3v) is 3.48. The summed E-state index contributed by atoms with van der Waals surface area (Å²) in [6.07, 6.45) is -1.64. The molecule has 22 heavy (non-hydrogen) atoms. The Labute approximate surface area is 131 Å². The standard InChI is InChI=1S/C14H19F3N2O2S/c1-22-9-7-12(18)13(20)19-8-6-10-2-4-11(5-3-10)21-14(15,16)17/h2-5,12H,6-9,18H2,1H3,(H,19,20)/t12-/m0/s1. The van der Waals surface area contributed by atoms with Crippen LogP contribution in [0.15, 0.2) is 24.3 Å². The average Bonchev–Trinajstić information content (AvgIpc) is 2.44. The molecule has 0 aromatic heterocycles. The zero-order valence-electron chi connectivity index (χ0n) is 12.2. The summed E-state index contributed by atoms with van der Waals surface area (Å²) in [6.45, 7) is 0.380. The lowest BCUT2D eigenvalue weighted by Crippen LogP contribution is -2.41. The first-order valence-electron chi connectivity index (χ1n) is 6.68. The minimum Gasteiger partial charge on any atom is -0.406 e. The molecule has 1 amide bonds. The van der Waals surface area contributed by atoms with Crippen molar-refractivity contribution in [3.8, 4) is 5.75 Å². The van der Waals surface area contributed by atoms with Crippen LogP contribution in [0, 0.1) is 0 Å². The number of carbonyl (C=O) groups is 1. The predicted molar refractivity (Wildman–Crippen MR) is 80.8 cm³/mol. The Morgan fingerprint density at radius 1 is 1.36 bits per heavy atom. The van der Waals surface area contributed by atoms with Crippen LogP contribution in [0.3, 0.4) is 0 Å². The highest BCUT2D eigenvalue weighted by molar-refractivity contribution is 7.98. The summed E-state index contributed by atoms with van der Waals surface area (Å²) in [5.41, 5.74) is 6.51. The molecule has 4 nitrogen and oxygen atoms in total. The second-order valence-corrected chi connectivity index (χ2v) is 5.61. The summed E-state index contributed by atoms with van der Waals surface area (Å²) in [5, 5.41) is 2.71. The Morgan fingerprint density at radius 2 is 2.00 bits per heavy atom. The molecule has 0 aliphatic carbocycles. The summed E-state index contributed by atoms with van der Waals surface area (Å²) in [6, 6.07) is 5.01. The van der Waals surface area contributed by atoms with E-state index in [2.05, 4.69) is 10.1 Å². The van der Waals surface area contributed by atoms with Crippen molar-refractivity contribution in [2.45, 2.75) is 25.2 Å². The Hall–Kier alpha value is -1.41. The van der Waals surface area contributed by atoms with E-state index in [-0.39, 0.29) is 11.7 Å². The minimum absolute atomic E-state index is 0.217. The van der Waals surface area contributed by atoms with E-state index in [0.29, 0.717) is 19.4 Å². The number of nitrogens with one attached hydrogen (secondary N) is 1. The highest BCUT2D eigenvalue weighted by Crippen LogP contribution is 2.22. The zero-order chi connectivity index (χ0) is 16.6. The second-order valence-electron chi connectivity index (χ2n) is 4.62. The summed E-state index contributed by atoms with van der Waals surface area (Å²) in [4.78, 5) is 11.7. The summed E-state index contributed by atoms with van der Waals surface area (Å²) in [5.74, 6) is 0.334. The molecule has 1 rings (SSSR count). The second kappa shape index (κ2) is 8.89. The number of amides is 1. The zero-order valence-corrected chi connectivity index (χ0v) is 13.0. The van der Waals surface area contributed by atoms with Crippen molar-refractivity contribution in [3.05, 3.63) is 29.8 Å². The highest BCUT2D eigenvalue weighted by atomic mass is 32.2. The summed E-state index contributed by atoms with van der Waals surface area (Å²) < 4.78 is 39.8. The predicted octanol–water partition coefficient (Wildman–Crippen LogP) is 2.32. The van der Waals surface area contributed by atoms with Crippen LogP contribution < -0.4 is 15.8 Å². The molecular formula is C14H19F3N2O2S. The minimum atomic E-state index is -4.69.